The minimum Gasteiger partial charge on any atom is -0.382 e. The second-order valence-electron chi connectivity index (χ2n) is 5.11. The van der Waals surface area contributed by atoms with Crippen molar-refractivity contribution < 1.29 is 9.47 Å². The highest BCUT2D eigenvalue weighted by molar-refractivity contribution is 5.31. The lowest BCUT2D eigenvalue weighted by molar-refractivity contribution is 0.0365. The van der Waals surface area contributed by atoms with Gasteiger partial charge in [0, 0.05) is 33.5 Å². The zero-order chi connectivity index (χ0) is 14.8. The molecule has 0 aromatic carbocycles. The molecule has 0 aliphatic heterocycles. The third-order valence-electron chi connectivity index (χ3n) is 2.74. The number of rotatable bonds is 10. The molecule has 2 N–H and O–H groups in total. The summed E-state index contributed by atoms with van der Waals surface area (Å²) in [4.78, 5) is 8.70. The Morgan fingerprint density at radius 1 is 1.20 bits per heavy atom. The van der Waals surface area contributed by atoms with Crippen LogP contribution in [-0.2, 0) is 16.0 Å². The molecule has 1 aromatic rings. The first-order valence-corrected chi connectivity index (χ1v) is 6.93. The van der Waals surface area contributed by atoms with Crippen LogP contribution in [0.1, 0.15) is 19.5 Å². The first-order chi connectivity index (χ1) is 9.65. The number of hydrogen-bond donors (Lipinski definition) is 2. The van der Waals surface area contributed by atoms with Crippen molar-refractivity contribution in [1.29, 1.82) is 0 Å². The summed E-state index contributed by atoms with van der Waals surface area (Å²) < 4.78 is 10.4. The molecule has 0 radical (unpaired) electrons. The minimum absolute atomic E-state index is 0.00419. The molecule has 0 saturated heterocycles. The standard InChI is InChI=1S/C14H26N4O2/c1-11(2)5-15-6-12-7-16-9-14(18-12)17-8-13(20-4)10-19-3/h7,9,11,13,15H,5-6,8,10H2,1-4H3,(H,17,18). The van der Waals surface area contributed by atoms with E-state index in [2.05, 4.69) is 34.4 Å². The van der Waals surface area contributed by atoms with Gasteiger partial charge in [0.1, 0.15) is 5.82 Å². The molecule has 0 aliphatic carbocycles. The largest absolute Gasteiger partial charge is 0.382 e. The van der Waals surface area contributed by atoms with E-state index in [1.54, 1.807) is 26.6 Å². The van der Waals surface area contributed by atoms with Crippen molar-refractivity contribution in [2.24, 2.45) is 5.92 Å². The molecule has 0 fully saturated rings. The summed E-state index contributed by atoms with van der Waals surface area (Å²) in [5.41, 5.74) is 0.927. The molecule has 20 heavy (non-hydrogen) atoms. The Morgan fingerprint density at radius 3 is 2.65 bits per heavy atom. The van der Waals surface area contributed by atoms with Gasteiger partial charge in [-0.1, -0.05) is 13.8 Å². The molecule has 0 amide bonds. The minimum atomic E-state index is 0.00419. The highest BCUT2D eigenvalue weighted by Crippen LogP contribution is 2.03. The highest BCUT2D eigenvalue weighted by Gasteiger charge is 2.07. The van der Waals surface area contributed by atoms with Crippen LogP contribution in [0.4, 0.5) is 5.82 Å². The van der Waals surface area contributed by atoms with Crippen LogP contribution in [0.3, 0.4) is 0 Å². The monoisotopic (exact) mass is 282 g/mol. The van der Waals surface area contributed by atoms with E-state index in [-0.39, 0.29) is 6.10 Å². The van der Waals surface area contributed by atoms with Crippen molar-refractivity contribution >= 4 is 5.82 Å². The Balaban J connectivity index is 2.42. The second kappa shape index (κ2) is 9.63. The Morgan fingerprint density at radius 2 is 2.00 bits per heavy atom. The molecule has 6 nitrogen and oxygen atoms in total. The number of hydrogen-bond acceptors (Lipinski definition) is 6. The van der Waals surface area contributed by atoms with E-state index < -0.39 is 0 Å². The quantitative estimate of drug-likeness (QED) is 0.674. The summed E-state index contributed by atoms with van der Waals surface area (Å²) in [6.45, 7) is 7.24. The van der Waals surface area contributed by atoms with Gasteiger partial charge in [-0.05, 0) is 12.5 Å². The van der Waals surface area contributed by atoms with Crippen LogP contribution in [0.15, 0.2) is 12.4 Å². The number of nitrogens with one attached hydrogen (secondary N) is 2. The summed E-state index contributed by atoms with van der Waals surface area (Å²) in [6.07, 6.45) is 3.50. The number of anilines is 1. The fourth-order valence-electron chi connectivity index (χ4n) is 1.68. The summed E-state index contributed by atoms with van der Waals surface area (Å²) in [7, 11) is 3.33. The van der Waals surface area contributed by atoms with Gasteiger partial charge in [0.05, 0.1) is 24.6 Å². The molecule has 6 heteroatoms. The predicted octanol–water partition coefficient (Wildman–Crippen LogP) is 1.30. The smallest absolute Gasteiger partial charge is 0.144 e. The molecule has 0 aliphatic rings. The summed E-state index contributed by atoms with van der Waals surface area (Å²) in [6, 6.07) is 0. The molecule has 114 valence electrons. The number of aromatic nitrogens is 2. The molecule has 1 rings (SSSR count). The van der Waals surface area contributed by atoms with E-state index in [1.165, 1.54) is 0 Å². The van der Waals surface area contributed by atoms with Gasteiger partial charge >= 0.3 is 0 Å². The number of methoxy groups -OCH3 is 2. The normalized spacial score (nSPS) is 12.7. The summed E-state index contributed by atoms with van der Waals surface area (Å²) in [5, 5.41) is 6.56. The van der Waals surface area contributed by atoms with Crippen LogP contribution in [0.25, 0.3) is 0 Å². The van der Waals surface area contributed by atoms with E-state index in [9.17, 15) is 0 Å². The van der Waals surface area contributed by atoms with Crippen molar-refractivity contribution in [3.63, 3.8) is 0 Å². The average Bonchev–Trinajstić information content (AvgIpc) is 2.43. The van der Waals surface area contributed by atoms with Gasteiger partial charge in [0.15, 0.2) is 0 Å². The molecule has 1 unspecified atom stereocenters. The Kier molecular flexibility index (Phi) is 8.10. The first kappa shape index (κ1) is 16.8. The van der Waals surface area contributed by atoms with E-state index >= 15 is 0 Å². The van der Waals surface area contributed by atoms with Gasteiger partial charge in [-0.25, -0.2) is 4.98 Å². The summed E-state index contributed by atoms with van der Waals surface area (Å²) >= 11 is 0. The molecule has 0 spiro atoms. The van der Waals surface area contributed by atoms with Crippen molar-refractivity contribution in [1.82, 2.24) is 15.3 Å². The fourth-order valence-corrected chi connectivity index (χ4v) is 1.68. The van der Waals surface area contributed by atoms with Gasteiger partial charge in [0.2, 0.25) is 0 Å². The van der Waals surface area contributed by atoms with E-state index in [4.69, 9.17) is 9.47 Å². The average molecular weight is 282 g/mol. The topological polar surface area (TPSA) is 68.3 Å². The van der Waals surface area contributed by atoms with Crippen LogP contribution in [0.5, 0.6) is 0 Å². The zero-order valence-electron chi connectivity index (χ0n) is 12.8. The SMILES string of the molecule is COCC(CNc1cncc(CNCC(C)C)n1)OC. The maximum Gasteiger partial charge on any atom is 0.144 e. The molecule has 1 aromatic heterocycles. The number of nitrogens with zero attached hydrogens (tertiary/aromatic N) is 2. The Labute approximate surface area is 121 Å². The van der Waals surface area contributed by atoms with Crippen LogP contribution in [-0.4, -0.2) is 50.0 Å². The molecular weight excluding hydrogens is 256 g/mol. The van der Waals surface area contributed by atoms with Crippen LogP contribution >= 0.6 is 0 Å². The fraction of sp³-hybridized carbons (Fsp3) is 0.714. The lowest BCUT2D eigenvalue weighted by atomic mass is 10.2. The summed E-state index contributed by atoms with van der Waals surface area (Å²) in [5.74, 6) is 1.38. The zero-order valence-corrected chi connectivity index (χ0v) is 12.8. The van der Waals surface area contributed by atoms with Crippen LogP contribution in [0.2, 0.25) is 0 Å². The van der Waals surface area contributed by atoms with E-state index in [0.717, 1.165) is 24.6 Å². The van der Waals surface area contributed by atoms with Crippen LogP contribution < -0.4 is 10.6 Å². The second-order valence-corrected chi connectivity index (χ2v) is 5.11. The Bertz CT molecular complexity index is 374. The van der Waals surface area contributed by atoms with Crippen molar-refractivity contribution in [2.45, 2.75) is 26.5 Å². The van der Waals surface area contributed by atoms with Crippen LogP contribution in [0, 0.1) is 5.92 Å². The van der Waals surface area contributed by atoms with Gasteiger partial charge in [-0.15, -0.1) is 0 Å². The molecule has 1 atom stereocenters. The van der Waals surface area contributed by atoms with Crippen molar-refractivity contribution in [3.8, 4) is 0 Å². The number of ether oxygens (including phenoxy) is 2. The lowest BCUT2D eigenvalue weighted by Crippen LogP contribution is -2.27. The lowest BCUT2D eigenvalue weighted by Gasteiger charge is -2.15. The highest BCUT2D eigenvalue weighted by atomic mass is 16.5. The molecular formula is C14H26N4O2. The van der Waals surface area contributed by atoms with E-state index in [0.29, 0.717) is 19.1 Å². The van der Waals surface area contributed by atoms with Gasteiger partial charge in [-0.2, -0.15) is 0 Å². The molecule has 0 saturated carbocycles. The maximum atomic E-state index is 5.29. The first-order valence-electron chi connectivity index (χ1n) is 6.93. The van der Waals surface area contributed by atoms with Gasteiger partial charge in [-0.3, -0.25) is 4.98 Å². The van der Waals surface area contributed by atoms with Gasteiger partial charge < -0.3 is 20.1 Å². The molecule has 1 heterocycles. The maximum absolute atomic E-state index is 5.29. The van der Waals surface area contributed by atoms with Gasteiger partial charge in [0.25, 0.3) is 0 Å². The van der Waals surface area contributed by atoms with Crippen molar-refractivity contribution in [2.75, 3.05) is 39.2 Å². The predicted molar refractivity (Wildman–Crippen MR) is 79.7 cm³/mol. The Hall–Kier alpha value is -1.24. The van der Waals surface area contributed by atoms with E-state index in [1.807, 2.05) is 0 Å². The molecule has 0 bridgehead atoms. The van der Waals surface area contributed by atoms with Crippen molar-refractivity contribution in [3.05, 3.63) is 18.1 Å². The third-order valence-corrected chi connectivity index (χ3v) is 2.74. The third kappa shape index (κ3) is 6.79.